The Kier molecular flexibility index (Phi) is 5.75. The first-order valence-electron chi connectivity index (χ1n) is 8.78. The summed E-state index contributed by atoms with van der Waals surface area (Å²) < 4.78 is 9.79. The third-order valence-electron chi connectivity index (χ3n) is 4.45. The van der Waals surface area contributed by atoms with E-state index in [4.69, 9.17) is 9.47 Å². The largest absolute Gasteiger partial charge is 0.465 e. The van der Waals surface area contributed by atoms with Crippen LogP contribution in [0.25, 0.3) is 11.1 Å². The highest BCUT2D eigenvalue weighted by Crippen LogP contribution is 2.32. The summed E-state index contributed by atoms with van der Waals surface area (Å²) in [6.07, 6.45) is 6.71. The molecule has 0 bridgehead atoms. The molecular formula is C23H21NO4. The molecule has 142 valence electrons. The SMILES string of the molecule is COC(=O)C1=C(C(=O)OC)N(c2ccc(-c3ccccc3)cc2C)C=CC=C1. The molecule has 28 heavy (non-hydrogen) atoms. The molecule has 1 aliphatic rings. The fourth-order valence-corrected chi connectivity index (χ4v) is 3.09. The van der Waals surface area contributed by atoms with Crippen LogP contribution in [0.5, 0.6) is 0 Å². The highest BCUT2D eigenvalue weighted by atomic mass is 16.5. The minimum Gasteiger partial charge on any atom is -0.465 e. The van der Waals surface area contributed by atoms with Crippen molar-refractivity contribution in [2.75, 3.05) is 19.1 Å². The zero-order chi connectivity index (χ0) is 20.1. The lowest BCUT2D eigenvalue weighted by atomic mass is 10.0. The van der Waals surface area contributed by atoms with Gasteiger partial charge in [0.1, 0.15) is 5.70 Å². The van der Waals surface area contributed by atoms with Gasteiger partial charge < -0.3 is 14.4 Å². The molecule has 0 unspecified atom stereocenters. The van der Waals surface area contributed by atoms with E-state index in [-0.39, 0.29) is 11.3 Å². The molecule has 2 aromatic carbocycles. The Hall–Kier alpha value is -3.60. The van der Waals surface area contributed by atoms with Crippen LogP contribution >= 0.6 is 0 Å². The molecule has 1 heterocycles. The van der Waals surface area contributed by atoms with E-state index >= 15 is 0 Å². The molecule has 0 fully saturated rings. The number of rotatable bonds is 4. The summed E-state index contributed by atoms with van der Waals surface area (Å²) in [4.78, 5) is 26.4. The highest BCUT2D eigenvalue weighted by molar-refractivity contribution is 6.05. The second-order valence-corrected chi connectivity index (χ2v) is 6.18. The minimum atomic E-state index is -0.622. The van der Waals surface area contributed by atoms with Crippen molar-refractivity contribution in [3.05, 3.63) is 89.8 Å². The normalized spacial score (nSPS) is 13.3. The van der Waals surface area contributed by atoms with Crippen LogP contribution in [0, 0.1) is 6.92 Å². The van der Waals surface area contributed by atoms with Crippen LogP contribution < -0.4 is 4.90 Å². The summed E-state index contributed by atoms with van der Waals surface area (Å²) in [5, 5.41) is 0. The molecule has 0 saturated carbocycles. The van der Waals surface area contributed by atoms with Crippen LogP contribution in [0.15, 0.2) is 84.2 Å². The van der Waals surface area contributed by atoms with Gasteiger partial charge in [-0.05, 0) is 47.9 Å². The lowest BCUT2D eigenvalue weighted by molar-refractivity contribution is -0.139. The van der Waals surface area contributed by atoms with Crippen LogP contribution in [0.3, 0.4) is 0 Å². The van der Waals surface area contributed by atoms with Crippen molar-refractivity contribution in [1.29, 1.82) is 0 Å². The standard InChI is InChI=1S/C23H21NO4/c1-16-15-18(17-9-5-4-6-10-17)12-13-20(16)24-14-8-7-11-19(22(25)27-2)21(24)23(26)28-3/h4-15H,1-3H3. The Morgan fingerprint density at radius 2 is 1.57 bits per heavy atom. The van der Waals surface area contributed by atoms with Crippen molar-refractivity contribution < 1.29 is 19.1 Å². The summed E-state index contributed by atoms with van der Waals surface area (Å²) >= 11 is 0. The first-order valence-corrected chi connectivity index (χ1v) is 8.78. The molecule has 5 nitrogen and oxygen atoms in total. The Morgan fingerprint density at radius 3 is 2.21 bits per heavy atom. The number of hydrogen-bond donors (Lipinski definition) is 0. The molecule has 0 aromatic heterocycles. The van der Waals surface area contributed by atoms with Gasteiger partial charge in [0.05, 0.1) is 19.8 Å². The van der Waals surface area contributed by atoms with Crippen molar-refractivity contribution in [2.45, 2.75) is 6.92 Å². The number of benzene rings is 2. The fourth-order valence-electron chi connectivity index (χ4n) is 3.09. The lowest BCUT2D eigenvalue weighted by Gasteiger charge is -2.25. The molecule has 1 aliphatic heterocycles. The molecule has 0 atom stereocenters. The van der Waals surface area contributed by atoms with Crippen molar-refractivity contribution in [3.63, 3.8) is 0 Å². The Balaban J connectivity index is 2.12. The lowest BCUT2D eigenvalue weighted by Crippen LogP contribution is -2.27. The van der Waals surface area contributed by atoms with E-state index < -0.39 is 11.9 Å². The van der Waals surface area contributed by atoms with E-state index in [0.29, 0.717) is 0 Å². The topological polar surface area (TPSA) is 55.8 Å². The van der Waals surface area contributed by atoms with Gasteiger partial charge >= 0.3 is 11.9 Å². The number of esters is 2. The van der Waals surface area contributed by atoms with Crippen molar-refractivity contribution in [1.82, 2.24) is 0 Å². The summed E-state index contributed by atoms with van der Waals surface area (Å²) in [5.41, 5.74) is 4.11. The van der Waals surface area contributed by atoms with E-state index in [1.165, 1.54) is 14.2 Å². The van der Waals surface area contributed by atoms with Crippen LogP contribution in [-0.2, 0) is 19.1 Å². The molecule has 3 rings (SSSR count). The average Bonchev–Trinajstić information content (AvgIpc) is 2.96. The number of methoxy groups -OCH3 is 2. The van der Waals surface area contributed by atoms with Gasteiger partial charge in [-0.2, -0.15) is 0 Å². The molecule has 2 aromatic rings. The minimum absolute atomic E-state index is 0.106. The maximum atomic E-state index is 12.5. The number of anilines is 1. The maximum absolute atomic E-state index is 12.5. The maximum Gasteiger partial charge on any atom is 0.355 e. The van der Waals surface area contributed by atoms with Crippen molar-refractivity contribution in [3.8, 4) is 11.1 Å². The average molecular weight is 375 g/mol. The van der Waals surface area contributed by atoms with E-state index in [9.17, 15) is 9.59 Å². The third-order valence-corrected chi connectivity index (χ3v) is 4.45. The van der Waals surface area contributed by atoms with Gasteiger partial charge in [-0.15, -0.1) is 0 Å². The molecule has 0 amide bonds. The van der Waals surface area contributed by atoms with Crippen molar-refractivity contribution >= 4 is 17.6 Å². The molecule has 0 saturated heterocycles. The van der Waals surface area contributed by atoms with E-state index in [1.807, 2.05) is 55.5 Å². The van der Waals surface area contributed by atoms with Gasteiger partial charge in [-0.25, -0.2) is 9.59 Å². The molecule has 5 heteroatoms. The molecule has 0 aliphatic carbocycles. The predicted molar refractivity (Wildman–Crippen MR) is 108 cm³/mol. The van der Waals surface area contributed by atoms with E-state index in [0.717, 1.165) is 22.4 Å². The van der Waals surface area contributed by atoms with Gasteiger partial charge in [-0.3, -0.25) is 0 Å². The van der Waals surface area contributed by atoms with Crippen LogP contribution in [0.1, 0.15) is 5.56 Å². The number of carbonyl (C=O) groups is 2. The summed E-state index contributed by atoms with van der Waals surface area (Å²) in [7, 11) is 2.56. The van der Waals surface area contributed by atoms with E-state index in [1.54, 1.807) is 29.3 Å². The highest BCUT2D eigenvalue weighted by Gasteiger charge is 2.28. The van der Waals surface area contributed by atoms with Gasteiger partial charge in [0, 0.05) is 11.9 Å². The Bertz CT molecular complexity index is 987. The van der Waals surface area contributed by atoms with Crippen LogP contribution in [-0.4, -0.2) is 26.2 Å². The van der Waals surface area contributed by atoms with Gasteiger partial charge in [0.25, 0.3) is 0 Å². The van der Waals surface area contributed by atoms with E-state index in [2.05, 4.69) is 0 Å². The third kappa shape index (κ3) is 3.74. The number of aryl methyl sites for hydroxylation is 1. The summed E-state index contributed by atoms with van der Waals surface area (Å²) in [6.45, 7) is 1.96. The summed E-state index contributed by atoms with van der Waals surface area (Å²) in [6, 6.07) is 16.0. The second-order valence-electron chi connectivity index (χ2n) is 6.18. The van der Waals surface area contributed by atoms with Crippen LogP contribution in [0.2, 0.25) is 0 Å². The smallest absolute Gasteiger partial charge is 0.355 e. The van der Waals surface area contributed by atoms with Gasteiger partial charge in [0.2, 0.25) is 0 Å². The van der Waals surface area contributed by atoms with Gasteiger partial charge in [-0.1, -0.05) is 42.5 Å². The Morgan fingerprint density at radius 1 is 0.857 bits per heavy atom. The van der Waals surface area contributed by atoms with Crippen LogP contribution in [0.4, 0.5) is 5.69 Å². The van der Waals surface area contributed by atoms with Gasteiger partial charge in [0.15, 0.2) is 0 Å². The quantitative estimate of drug-likeness (QED) is 0.752. The number of ether oxygens (including phenoxy) is 2. The molecule has 0 spiro atoms. The fraction of sp³-hybridized carbons (Fsp3) is 0.130. The second kappa shape index (κ2) is 8.39. The first-order chi connectivity index (χ1) is 13.6. The summed E-state index contributed by atoms with van der Waals surface area (Å²) in [5.74, 6) is -1.23. The zero-order valence-corrected chi connectivity index (χ0v) is 16.0. The molecule has 0 radical (unpaired) electrons. The molecule has 0 N–H and O–H groups in total. The first kappa shape index (κ1) is 19.2. The van der Waals surface area contributed by atoms with Crippen molar-refractivity contribution in [2.24, 2.45) is 0 Å². The predicted octanol–water partition coefficient (Wildman–Crippen LogP) is 4.15. The molecular weight excluding hydrogens is 354 g/mol. The number of allylic oxidation sites excluding steroid dienone is 2. The zero-order valence-electron chi connectivity index (χ0n) is 16.0. The number of hydrogen-bond acceptors (Lipinski definition) is 5. The number of nitrogens with zero attached hydrogens (tertiary/aromatic N) is 1. The number of carbonyl (C=O) groups excluding carboxylic acids is 2. The monoisotopic (exact) mass is 375 g/mol. The Labute approximate surface area is 164 Å².